The summed E-state index contributed by atoms with van der Waals surface area (Å²) in [6.45, 7) is 6.90. The summed E-state index contributed by atoms with van der Waals surface area (Å²) >= 11 is 5.62. The van der Waals surface area contributed by atoms with Gasteiger partial charge in [0.05, 0.1) is 24.4 Å². The Morgan fingerprint density at radius 1 is 1.10 bits per heavy atom. The number of thiocarbonyl (C=S) groups is 1. The second-order valence-corrected chi connectivity index (χ2v) is 7.93. The molecule has 0 saturated carbocycles. The number of rotatable bonds is 5. The van der Waals surface area contributed by atoms with Gasteiger partial charge in [-0.05, 0) is 68.9 Å². The van der Waals surface area contributed by atoms with Crippen LogP contribution >= 0.6 is 12.2 Å². The number of aliphatic hydroxyl groups is 1. The second kappa shape index (κ2) is 7.97. The smallest absolute Gasteiger partial charge is 0.170 e. The molecule has 5 nitrogen and oxygen atoms in total. The van der Waals surface area contributed by atoms with Crippen LogP contribution in [0, 0.1) is 20.8 Å². The number of hydrogen-bond donors (Lipinski definition) is 2. The molecule has 3 heterocycles. The number of β-amino-alcohol motifs (C(OH)–C–C–N with tert-alkyl or cyclic N) is 1. The lowest BCUT2D eigenvalue weighted by molar-refractivity contribution is 0.223. The van der Waals surface area contributed by atoms with Crippen molar-refractivity contribution < 1.29 is 5.11 Å². The number of aryl methyl sites for hydroxylation is 2. The quantitative estimate of drug-likeness (QED) is 0.632. The molecule has 1 saturated heterocycles. The predicted octanol–water partition coefficient (Wildman–Crippen LogP) is 3.76. The number of aromatic nitrogens is 2. The molecule has 1 aromatic carbocycles. The van der Waals surface area contributed by atoms with Gasteiger partial charge in [-0.15, -0.1) is 0 Å². The minimum absolute atomic E-state index is 0.0325. The van der Waals surface area contributed by atoms with Crippen molar-refractivity contribution in [3.8, 4) is 5.69 Å². The number of aliphatic hydroxyl groups excluding tert-OH is 1. The largest absolute Gasteiger partial charge is 0.395 e. The summed E-state index contributed by atoms with van der Waals surface area (Å²) in [5, 5.41) is 13.7. The standard InChI is InChI=1S/C23H26N4OS/c1-15-7-9-18(10-8-15)27-16(2)14-19(17(27)3)22-21(20-6-4-5-11-24-20)25-23(29)26(22)12-13-28/h4-11,14,21-22,28H,12-13H2,1-3H3,(H,25,29)/t21-,22-/m0/s1. The van der Waals surface area contributed by atoms with Crippen LogP contribution in [0.1, 0.15) is 40.3 Å². The van der Waals surface area contributed by atoms with Crippen molar-refractivity contribution in [2.24, 2.45) is 0 Å². The molecule has 2 atom stereocenters. The Bertz CT molecular complexity index is 1010. The lowest BCUT2D eigenvalue weighted by Crippen LogP contribution is -2.32. The second-order valence-electron chi connectivity index (χ2n) is 7.54. The minimum Gasteiger partial charge on any atom is -0.395 e. The molecule has 0 unspecified atom stereocenters. The Hall–Kier alpha value is -2.70. The van der Waals surface area contributed by atoms with E-state index in [1.165, 1.54) is 22.5 Å². The van der Waals surface area contributed by atoms with E-state index in [1.54, 1.807) is 6.20 Å². The molecule has 0 amide bonds. The fourth-order valence-electron chi connectivity index (χ4n) is 4.27. The Morgan fingerprint density at radius 3 is 2.52 bits per heavy atom. The van der Waals surface area contributed by atoms with E-state index in [-0.39, 0.29) is 18.7 Å². The maximum absolute atomic E-state index is 9.65. The maximum Gasteiger partial charge on any atom is 0.170 e. The number of benzene rings is 1. The first-order chi connectivity index (χ1) is 14.0. The van der Waals surface area contributed by atoms with Crippen molar-refractivity contribution in [2.45, 2.75) is 32.9 Å². The normalized spacial score (nSPS) is 18.9. The highest BCUT2D eigenvalue weighted by Gasteiger charge is 2.41. The molecule has 1 aliphatic heterocycles. The molecular weight excluding hydrogens is 380 g/mol. The van der Waals surface area contributed by atoms with E-state index >= 15 is 0 Å². The maximum atomic E-state index is 9.65. The molecule has 0 aliphatic carbocycles. The van der Waals surface area contributed by atoms with E-state index in [0.717, 1.165) is 11.4 Å². The van der Waals surface area contributed by atoms with Crippen LogP contribution < -0.4 is 5.32 Å². The summed E-state index contributed by atoms with van der Waals surface area (Å²) in [6.07, 6.45) is 1.81. The Kier molecular flexibility index (Phi) is 5.39. The molecule has 6 heteroatoms. The SMILES string of the molecule is Cc1ccc(-n2c(C)cc([C@H]3[C@H](c4ccccn4)NC(=S)N3CCO)c2C)cc1. The molecule has 1 fully saturated rings. The molecule has 0 spiro atoms. The summed E-state index contributed by atoms with van der Waals surface area (Å²) < 4.78 is 2.28. The van der Waals surface area contributed by atoms with Crippen molar-refractivity contribution in [3.05, 3.63) is 82.9 Å². The van der Waals surface area contributed by atoms with E-state index in [1.807, 2.05) is 18.2 Å². The van der Waals surface area contributed by atoms with E-state index < -0.39 is 0 Å². The first kappa shape index (κ1) is 19.6. The first-order valence-electron chi connectivity index (χ1n) is 9.86. The number of nitrogens with zero attached hydrogens (tertiary/aromatic N) is 3. The van der Waals surface area contributed by atoms with E-state index in [2.05, 4.69) is 70.9 Å². The molecule has 0 bridgehead atoms. The highest BCUT2D eigenvalue weighted by atomic mass is 32.1. The molecule has 29 heavy (non-hydrogen) atoms. The van der Waals surface area contributed by atoms with Crippen molar-refractivity contribution >= 4 is 17.3 Å². The van der Waals surface area contributed by atoms with Gasteiger partial charge >= 0.3 is 0 Å². The number of hydrogen-bond acceptors (Lipinski definition) is 3. The monoisotopic (exact) mass is 406 g/mol. The van der Waals surface area contributed by atoms with Crippen LogP contribution in [0.2, 0.25) is 0 Å². The summed E-state index contributed by atoms with van der Waals surface area (Å²) in [7, 11) is 0. The van der Waals surface area contributed by atoms with Crippen LogP contribution in [-0.2, 0) is 0 Å². The number of pyridine rings is 1. The Labute approximate surface area is 177 Å². The van der Waals surface area contributed by atoms with Crippen molar-refractivity contribution in [1.82, 2.24) is 19.8 Å². The summed E-state index contributed by atoms with van der Waals surface area (Å²) in [5.41, 5.74) is 6.87. The van der Waals surface area contributed by atoms with Crippen molar-refractivity contribution in [1.29, 1.82) is 0 Å². The molecule has 0 radical (unpaired) electrons. The third kappa shape index (κ3) is 3.54. The zero-order valence-electron chi connectivity index (χ0n) is 17.0. The Balaban J connectivity index is 1.82. The van der Waals surface area contributed by atoms with Gasteiger partial charge in [-0.3, -0.25) is 4.98 Å². The fraction of sp³-hybridized carbons (Fsp3) is 0.304. The molecule has 2 N–H and O–H groups in total. The zero-order valence-corrected chi connectivity index (χ0v) is 17.8. The lowest BCUT2D eigenvalue weighted by Gasteiger charge is -2.27. The molecule has 2 aromatic heterocycles. The first-order valence-corrected chi connectivity index (χ1v) is 10.3. The van der Waals surface area contributed by atoms with Gasteiger partial charge in [-0.25, -0.2) is 0 Å². The van der Waals surface area contributed by atoms with Gasteiger partial charge in [0, 0.05) is 29.8 Å². The van der Waals surface area contributed by atoms with Crippen LogP contribution in [0.4, 0.5) is 0 Å². The van der Waals surface area contributed by atoms with Gasteiger partial charge < -0.3 is 19.9 Å². The molecule has 150 valence electrons. The molecule has 1 aliphatic rings. The van der Waals surface area contributed by atoms with Crippen LogP contribution in [-0.4, -0.2) is 37.8 Å². The van der Waals surface area contributed by atoms with Gasteiger partial charge in [-0.1, -0.05) is 23.8 Å². The van der Waals surface area contributed by atoms with Gasteiger partial charge in [0.25, 0.3) is 0 Å². The van der Waals surface area contributed by atoms with E-state index in [4.69, 9.17) is 12.2 Å². The number of nitrogens with one attached hydrogen (secondary N) is 1. The zero-order chi connectivity index (χ0) is 20.5. The Morgan fingerprint density at radius 2 is 1.86 bits per heavy atom. The average Bonchev–Trinajstić information content (AvgIpc) is 3.20. The summed E-state index contributed by atoms with van der Waals surface area (Å²) in [5.74, 6) is 0. The van der Waals surface area contributed by atoms with Gasteiger partial charge in [0.15, 0.2) is 5.11 Å². The fourth-order valence-corrected chi connectivity index (χ4v) is 4.60. The summed E-state index contributed by atoms with van der Waals surface area (Å²) in [6, 6.07) is 16.6. The van der Waals surface area contributed by atoms with Crippen molar-refractivity contribution in [2.75, 3.05) is 13.2 Å². The van der Waals surface area contributed by atoms with Gasteiger partial charge in [0.1, 0.15) is 0 Å². The third-order valence-corrected chi connectivity index (χ3v) is 5.97. The predicted molar refractivity (Wildman–Crippen MR) is 119 cm³/mol. The van der Waals surface area contributed by atoms with Gasteiger partial charge in [0.2, 0.25) is 0 Å². The molecular formula is C23H26N4OS. The van der Waals surface area contributed by atoms with Crippen LogP contribution in [0.15, 0.2) is 54.7 Å². The van der Waals surface area contributed by atoms with E-state index in [9.17, 15) is 5.11 Å². The summed E-state index contributed by atoms with van der Waals surface area (Å²) in [4.78, 5) is 6.65. The topological polar surface area (TPSA) is 53.3 Å². The third-order valence-electron chi connectivity index (χ3n) is 5.62. The highest BCUT2D eigenvalue weighted by molar-refractivity contribution is 7.80. The van der Waals surface area contributed by atoms with Crippen LogP contribution in [0.25, 0.3) is 5.69 Å². The van der Waals surface area contributed by atoms with E-state index in [0.29, 0.717) is 11.7 Å². The molecule has 3 aromatic rings. The van der Waals surface area contributed by atoms with Crippen molar-refractivity contribution in [3.63, 3.8) is 0 Å². The molecule has 4 rings (SSSR count). The highest BCUT2D eigenvalue weighted by Crippen LogP contribution is 2.41. The van der Waals surface area contributed by atoms with Gasteiger partial charge in [-0.2, -0.15) is 0 Å². The average molecular weight is 407 g/mol. The van der Waals surface area contributed by atoms with Crippen LogP contribution in [0.5, 0.6) is 0 Å². The van der Waals surface area contributed by atoms with Crippen LogP contribution in [0.3, 0.4) is 0 Å². The minimum atomic E-state index is -0.0674. The lowest BCUT2D eigenvalue weighted by atomic mass is 9.97.